The first-order valence-electron chi connectivity index (χ1n) is 7.71. The van der Waals surface area contributed by atoms with E-state index in [9.17, 15) is 4.79 Å². The summed E-state index contributed by atoms with van der Waals surface area (Å²) in [4.78, 5) is 15.0. The van der Waals surface area contributed by atoms with E-state index in [1.807, 2.05) is 11.8 Å². The summed E-state index contributed by atoms with van der Waals surface area (Å²) in [5.41, 5.74) is -0.243. The van der Waals surface area contributed by atoms with E-state index >= 15 is 0 Å². The van der Waals surface area contributed by atoms with Gasteiger partial charge < -0.3 is 14.4 Å². The van der Waals surface area contributed by atoms with E-state index in [0.717, 1.165) is 45.4 Å². The van der Waals surface area contributed by atoms with Crippen molar-refractivity contribution in [2.24, 2.45) is 5.41 Å². The van der Waals surface area contributed by atoms with Crippen LogP contribution >= 0.6 is 0 Å². The van der Waals surface area contributed by atoms with Gasteiger partial charge in [-0.2, -0.15) is 0 Å². The Labute approximate surface area is 115 Å². The molecule has 0 aromatic rings. The van der Waals surface area contributed by atoms with Crippen LogP contribution < -0.4 is 0 Å². The van der Waals surface area contributed by atoms with Crippen LogP contribution in [-0.4, -0.2) is 49.3 Å². The molecule has 1 saturated heterocycles. The number of hydrogen-bond donors (Lipinski definition) is 0. The number of carbonyl (C=O) groups is 1. The van der Waals surface area contributed by atoms with Gasteiger partial charge in [0.15, 0.2) is 0 Å². The molecule has 0 aromatic carbocycles. The Bertz CT molecular complexity index is 345. The van der Waals surface area contributed by atoms with E-state index in [1.54, 1.807) is 0 Å². The molecule has 19 heavy (non-hydrogen) atoms. The molecule has 3 fully saturated rings. The maximum atomic E-state index is 12.9. The minimum Gasteiger partial charge on any atom is -0.379 e. The third-order valence-corrected chi connectivity index (χ3v) is 4.91. The van der Waals surface area contributed by atoms with Crippen LogP contribution in [0.3, 0.4) is 0 Å². The zero-order valence-corrected chi connectivity index (χ0v) is 12.0. The van der Waals surface area contributed by atoms with Crippen LogP contribution in [-0.2, 0) is 14.3 Å². The van der Waals surface area contributed by atoms with E-state index in [0.29, 0.717) is 13.2 Å². The van der Waals surface area contributed by atoms with E-state index in [4.69, 9.17) is 9.47 Å². The van der Waals surface area contributed by atoms with Gasteiger partial charge in [-0.1, -0.05) is 0 Å². The summed E-state index contributed by atoms with van der Waals surface area (Å²) < 4.78 is 11.6. The predicted molar refractivity (Wildman–Crippen MR) is 71.9 cm³/mol. The SMILES string of the molecule is CCOC1(C(=O)N2CCOCC3(CC3)C2)CCCC1. The monoisotopic (exact) mass is 267 g/mol. The summed E-state index contributed by atoms with van der Waals surface area (Å²) in [6, 6.07) is 0. The van der Waals surface area contributed by atoms with Gasteiger partial charge in [0.2, 0.25) is 0 Å². The van der Waals surface area contributed by atoms with Crippen LogP contribution in [0.4, 0.5) is 0 Å². The minimum atomic E-state index is -0.519. The van der Waals surface area contributed by atoms with Gasteiger partial charge in [-0.05, 0) is 45.4 Å². The molecule has 1 heterocycles. The van der Waals surface area contributed by atoms with E-state index in [1.165, 1.54) is 12.8 Å². The van der Waals surface area contributed by atoms with E-state index in [-0.39, 0.29) is 11.3 Å². The maximum Gasteiger partial charge on any atom is 0.254 e. The second-order valence-corrected chi connectivity index (χ2v) is 6.41. The number of nitrogens with zero attached hydrogens (tertiary/aromatic N) is 1. The number of ether oxygens (including phenoxy) is 2. The molecule has 1 aliphatic heterocycles. The van der Waals surface area contributed by atoms with Gasteiger partial charge in [-0.25, -0.2) is 0 Å². The first-order chi connectivity index (χ1) is 9.20. The third kappa shape index (κ3) is 2.52. The van der Waals surface area contributed by atoms with Crippen molar-refractivity contribution in [3.05, 3.63) is 0 Å². The summed E-state index contributed by atoms with van der Waals surface area (Å²) >= 11 is 0. The Morgan fingerprint density at radius 2 is 2.00 bits per heavy atom. The van der Waals surface area contributed by atoms with Crippen LogP contribution in [0.25, 0.3) is 0 Å². The van der Waals surface area contributed by atoms with Gasteiger partial charge in [-0.15, -0.1) is 0 Å². The average molecular weight is 267 g/mol. The molecule has 0 N–H and O–H groups in total. The van der Waals surface area contributed by atoms with Crippen molar-refractivity contribution in [1.82, 2.24) is 4.90 Å². The zero-order chi connectivity index (χ0) is 13.3. The normalized spacial score (nSPS) is 28.4. The Morgan fingerprint density at radius 1 is 1.26 bits per heavy atom. The van der Waals surface area contributed by atoms with Crippen molar-refractivity contribution >= 4 is 5.91 Å². The molecule has 1 spiro atoms. The van der Waals surface area contributed by atoms with Gasteiger partial charge in [0, 0.05) is 25.1 Å². The number of rotatable bonds is 3. The molecule has 4 heteroatoms. The summed E-state index contributed by atoms with van der Waals surface area (Å²) in [5, 5.41) is 0. The molecule has 0 unspecified atom stereocenters. The highest BCUT2D eigenvalue weighted by Gasteiger charge is 2.50. The molecule has 0 aromatic heterocycles. The summed E-state index contributed by atoms with van der Waals surface area (Å²) in [5.74, 6) is 0.226. The standard InChI is InChI=1S/C15H25NO3/c1-2-19-15(5-3-4-6-15)13(17)16-9-10-18-12-14(11-16)7-8-14/h2-12H2,1H3. The summed E-state index contributed by atoms with van der Waals surface area (Å²) in [6.45, 7) is 5.73. The van der Waals surface area contributed by atoms with Crippen LogP contribution in [0.15, 0.2) is 0 Å². The van der Waals surface area contributed by atoms with Crippen molar-refractivity contribution in [2.45, 2.75) is 51.0 Å². The lowest BCUT2D eigenvalue weighted by molar-refractivity contribution is -0.158. The molecular formula is C15H25NO3. The van der Waals surface area contributed by atoms with Crippen LogP contribution in [0.2, 0.25) is 0 Å². The molecule has 1 amide bonds. The predicted octanol–water partition coefficient (Wildman–Crippen LogP) is 1.97. The molecule has 3 aliphatic rings. The molecule has 108 valence electrons. The Morgan fingerprint density at radius 3 is 2.63 bits per heavy atom. The van der Waals surface area contributed by atoms with Crippen LogP contribution in [0.1, 0.15) is 45.4 Å². The molecule has 3 rings (SSSR count). The lowest BCUT2D eigenvalue weighted by atomic mass is 9.98. The van der Waals surface area contributed by atoms with Gasteiger partial charge in [-0.3, -0.25) is 4.79 Å². The van der Waals surface area contributed by atoms with Crippen molar-refractivity contribution in [1.29, 1.82) is 0 Å². The van der Waals surface area contributed by atoms with Crippen LogP contribution in [0, 0.1) is 5.41 Å². The first-order valence-corrected chi connectivity index (χ1v) is 7.71. The second-order valence-electron chi connectivity index (χ2n) is 6.41. The molecule has 2 aliphatic carbocycles. The number of carbonyl (C=O) groups excluding carboxylic acids is 1. The first kappa shape index (κ1) is 13.4. The van der Waals surface area contributed by atoms with Crippen LogP contribution in [0.5, 0.6) is 0 Å². The topological polar surface area (TPSA) is 38.8 Å². The lowest BCUT2D eigenvalue weighted by Gasteiger charge is -2.34. The minimum absolute atomic E-state index is 0.226. The van der Waals surface area contributed by atoms with Crippen molar-refractivity contribution in [2.75, 3.05) is 32.9 Å². The number of amides is 1. The molecule has 0 atom stereocenters. The fourth-order valence-corrected chi connectivity index (χ4v) is 3.58. The van der Waals surface area contributed by atoms with Gasteiger partial charge in [0.05, 0.1) is 13.2 Å². The fraction of sp³-hybridized carbons (Fsp3) is 0.933. The highest BCUT2D eigenvalue weighted by atomic mass is 16.5. The zero-order valence-electron chi connectivity index (χ0n) is 12.0. The molecule has 2 saturated carbocycles. The third-order valence-electron chi connectivity index (χ3n) is 4.91. The summed E-state index contributed by atoms with van der Waals surface area (Å²) in [6.07, 6.45) is 6.42. The Hall–Kier alpha value is -0.610. The second kappa shape index (κ2) is 5.06. The highest BCUT2D eigenvalue weighted by Crippen LogP contribution is 2.48. The van der Waals surface area contributed by atoms with Gasteiger partial charge in [0.1, 0.15) is 5.60 Å². The van der Waals surface area contributed by atoms with Gasteiger partial charge >= 0.3 is 0 Å². The largest absolute Gasteiger partial charge is 0.379 e. The van der Waals surface area contributed by atoms with Crippen molar-refractivity contribution in [3.63, 3.8) is 0 Å². The average Bonchev–Trinajstić information content (AvgIpc) is 3.08. The van der Waals surface area contributed by atoms with E-state index < -0.39 is 5.60 Å². The quantitative estimate of drug-likeness (QED) is 0.785. The molecule has 4 nitrogen and oxygen atoms in total. The highest BCUT2D eigenvalue weighted by molar-refractivity contribution is 5.85. The molecule has 0 radical (unpaired) electrons. The molecular weight excluding hydrogens is 242 g/mol. The van der Waals surface area contributed by atoms with Crippen molar-refractivity contribution in [3.8, 4) is 0 Å². The maximum absolute atomic E-state index is 12.9. The lowest BCUT2D eigenvalue weighted by Crippen LogP contribution is -2.51. The van der Waals surface area contributed by atoms with Crippen molar-refractivity contribution < 1.29 is 14.3 Å². The molecule has 0 bridgehead atoms. The van der Waals surface area contributed by atoms with E-state index in [2.05, 4.69) is 0 Å². The number of hydrogen-bond acceptors (Lipinski definition) is 3. The fourth-order valence-electron chi connectivity index (χ4n) is 3.58. The van der Waals surface area contributed by atoms with Gasteiger partial charge in [0.25, 0.3) is 5.91 Å². The summed E-state index contributed by atoms with van der Waals surface area (Å²) in [7, 11) is 0. The Balaban J connectivity index is 1.73. The smallest absolute Gasteiger partial charge is 0.254 e. The Kier molecular flexibility index (Phi) is 3.56.